The molecule has 0 fully saturated rings. The quantitative estimate of drug-likeness (QED) is 0.511. The average molecular weight is 437 g/mol. The van der Waals surface area contributed by atoms with E-state index in [1.165, 1.54) is 5.56 Å². The van der Waals surface area contributed by atoms with E-state index in [-0.39, 0.29) is 4.83 Å². The molecule has 2 aromatic rings. The van der Waals surface area contributed by atoms with Crippen molar-refractivity contribution in [2.24, 2.45) is 0 Å². The summed E-state index contributed by atoms with van der Waals surface area (Å²) in [6.45, 7) is 0.715. The Bertz CT molecular complexity index is 673. The van der Waals surface area contributed by atoms with Crippen LogP contribution in [-0.2, 0) is 6.42 Å². The second kappa shape index (κ2) is 5.88. The Kier molecular flexibility index (Phi) is 4.32. The van der Waals surface area contributed by atoms with Crippen LogP contribution in [0.2, 0.25) is 10.0 Å². The number of fused-ring (bicyclic) bond motifs is 1. The smallest absolute Gasteiger partial charge is 0.127 e. The van der Waals surface area contributed by atoms with Gasteiger partial charge in [-0.2, -0.15) is 0 Å². The predicted octanol–water partition coefficient (Wildman–Crippen LogP) is 6.18. The van der Waals surface area contributed by atoms with Gasteiger partial charge in [0.2, 0.25) is 0 Å². The lowest BCUT2D eigenvalue weighted by molar-refractivity contribution is 0.354. The molecule has 0 saturated carbocycles. The summed E-state index contributed by atoms with van der Waals surface area (Å²) >= 11 is 19.4. The molecule has 1 heterocycles. The largest absolute Gasteiger partial charge is 0.493 e. The third-order valence-corrected chi connectivity index (χ3v) is 5.74. The first kappa shape index (κ1) is 14.7. The number of alkyl halides is 1. The summed E-state index contributed by atoms with van der Waals surface area (Å²) in [6.07, 6.45) is 0.910. The molecule has 20 heavy (non-hydrogen) atoms. The number of hydrogen-bond acceptors (Lipinski definition) is 1. The first-order valence-electron chi connectivity index (χ1n) is 6.10. The van der Waals surface area contributed by atoms with E-state index in [4.69, 9.17) is 27.9 Å². The fourth-order valence-corrected chi connectivity index (χ4v) is 3.72. The highest BCUT2D eigenvalue weighted by molar-refractivity contribution is 9.10. The van der Waals surface area contributed by atoms with E-state index < -0.39 is 0 Å². The maximum absolute atomic E-state index is 6.21. The molecule has 1 atom stereocenters. The zero-order valence-electron chi connectivity index (χ0n) is 10.3. The molecule has 2 aromatic carbocycles. The summed E-state index contributed by atoms with van der Waals surface area (Å²) < 4.78 is 6.63. The van der Waals surface area contributed by atoms with Gasteiger partial charge in [-0.25, -0.2) is 0 Å². The van der Waals surface area contributed by atoms with E-state index in [0.717, 1.165) is 32.8 Å². The number of halogens is 4. The van der Waals surface area contributed by atoms with Gasteiger partial charge in [0.25, 0.3) is 0 Å². The lowest BCUT2D eigenvalue weighted by atomic mass is 10.0. The van der Waals surface area contributed by atoms with E-state index in [1.54, 1.807) is 0 Å². The van der Waals surface area contributed by atoms with Crippen LogP contribution in [-0.4, -0.2) is 6.61 Å². The van der Waals surface area contributed by atoms with E-state index in [1.807, 2.05) is 30.3 Å². The van der Waals surface area contributed by atoms with Gasteiger partial charge >= 0.3 is 0 Å². The third kappa shape index (κ3) is 2.74. The molecule has 1 unspecified atom stereocenters. The van der Waals surface area contributed by atoms with Crippen LogP contribution in [0.15, 0.2) is 34.8 Å². The van der Waals surface area contributed by atoms with Crippen LogP contribution in [0.3, 0.4) is 0 Å². The Morgan fingerprint density at radius 2 is 1.95 bits per heavy atom. The van der Waals surface area contributed by atoms with Crippen LogP contribution in [0, 0.1) is 0 Å². The number of ether oxygens (including phenoxy) is 1. The van der Waals surface area contributed by atoms with Crippen LogP contribution in [0.1, 0.15) is 21.5 Å². The van der Waals surface area contributed by atoms with Crippen LogP contribution in [0.5, 0.6) is 5.75 Å². The SMILES string of the molecule is Clc1cc2c(c(C(Br)c3ccc(Cl)c(Br)c3)c1)OCC2. The minimum absolute atomic E-state index is 0.0154. The Balaban J connectivity index is 2.06. The fraction of sp³-hybridized carbons (Fsp3) is 0.200. The van der Waals surface area contributed by atoms with Crippen molar-refractivity contribution in [1.29, 1.82) is 0 Å². The Morgan fingerprint density at radius 3 is 2.70 bits per heavy atom. The fourth-order valence-electron chi connectivity index (χ4n) is 2.34. The van der Waals surface area contributed by atoms with Gasteiger partial charge in [0.15, 0.2) is 0 Å². The van der Waals surface area contributed by atoms with Crippen LogP contribution >= 0.6 is 55.1 Å². The second-order valence-electron chi connectivity index (χ2n) is 4.62. The number of rotatable bonds is 2. The zero-order chi connectivity index (χ0) is 14.3. The molecule has 0 saturated heterocycles. The van der Waals surface area contributed by atoms with E-state index >= 15 is 0 Å². The molecule has 1 aliphatic rings. The Hall–Kier alpha value is -0.220. The highest BCUT2D eigenvalue weighted by Crippen LogP contribution is 2.43. The van der Waals surface area contributed by atoms with Crippen LogP contribution in [0.4, 0.5) is 0 Å². The molecule has 0 radical (unpaired) electrons. The maximum atomic E-state index is 6.21. The molecule has 104 valence electrons. The summed E-state index contributed by atoms with van der Waals surface area (Å²) in [6, 6.07) is 9.80. The van der Waals surface area contributed by atoms with Crippen molar-refractivity contribution in [2.45, 2.75) is 11.2 Å². The van der Waals surface area contributed by atoms with Crippen molar-refractivity contribution in [3.63, 3.8) is 0 Å². The molecule has 5 heteroatoms. The Morgan fingerprint density at radius 1 is 1.15 bits per heavy atom. The number of hydrogen-bond donors (Lipinski definition) is 0. The lowest BCUT2D eigenvalue weighted by Gasteiger charge is -2.16. The van der Waals surface area contributed by atoms with E-state index in [9.17, 15) is 0 Å². The minimum atomic E-state index is 0.0154. The third-order valence-electron chi connectivity index (χ3n) is 3.29. The molecule has 0 aromatic heterocycles. The van der Waals surface area contributed by atoms with Gasteiger partial charge in [-0.05, 0) is 51.3 Å². The van der Waals surface area contributed by atoms with Gasteiger partial charge in [0.05, 0.1) is 16.5 Å². The maximum Gasteiger partial charge on any atom is 0.127 e. The van der Waals surface area contributed by atoms with Crippen molar-refractivity contribution >= 4 is 55.1 Å². The average Bonchev–Trinajstić information content (AvgIpc) is 2.88. The molecule has 0 amide bonds. The summed E-state index contributed by atoms with van der Waals surface area (Å²) in [7, 11) is 0. The van der Waals surface area contributed by atoms with Crippen molar-refractivity contribution in [2.75, 3.05) is 6.61 Å². The summed E-state index contributed by atoms with van der Waals surface area (Å²) in [5.74, 6) is 0.947. The van der Waals surface area contributed by atoms with Gasteiger partial charge < -0.3 is 4.74 Å². The first-order chi connectivity index (χ1) is 9.56. The van der Waals surface area contributed by atoms with Gasteiger partial charge in [0, 0.05) is 21.5 Å². The van der Waals surface area contributed by atoms with E-state index in [2.05, 4.69) is 31.9 Å². The standard InChI is InChI=1S/C15H10Br2Cl2O/c16-12-6-8(1-2-13(12)19)14(17)11-7-10(18)5-9-3-4-20-15(9)11/h1-2,5-7,14H,3-4H2. The normalized spacial score (nSPS) is 14.8. The molecule has 1 aliphatic heterocycles. The molecular formula is C15H10Br2Cl2O. The van der Waals surface area contributed by atoms with Gasteiger partial charge in [-0.3, -0.25) is 0 Å². The molecule has 0 bridgehead atoms. The van der Waals surface area contributed by atoms with Crippen LogP contribution in [0.25, 0.3) is 0 Å². The van der Waals surface area contributed by atoms with E-state index in [0.29, 0.717) is 11.6 Å². The predicted molar refractivity (Wildman–Crippen MR) is 90.6 cm³/mol. The van der Waals surface area contributed by atoms with Crippen LogP contribution < -0.4 is 4.74 Å². The first-order valence-corrected chi connectivity index (χ1v) is 8.57. The number of benzene rings is 2. The summed E-state index contributed by atoms with van der Waals surface area (Å²) in [5.41, 5.74) is 3.32. The summed E-state index contributed by atoms with van der Waals surface area (Å²) in [4.78, 5) is 0.0154. The van der Waals surface area contributed by atoms with Crippen molar-refractivity contribution in [1.82, 2.24) is 0 Å². The van der Waals surface area contributed by atoms with Crippen molar-refractivity contribution < 1.29 is 4.74 Å². The molecular weight excluding hydrogens is 427 g/mol. The topological polar surface area (TPSA) is 9.23 Å². The van der Waals surface area contributed by atoms with Crippen molar-refractivity contribution in [3.05, 3.63) is 61.5 Å². The minimum Gasteiger partial charge on any atom is -0.493 e. The summed E-state index contributed by atoms with van der Waals surface area (Å²) in [5, 5.41) is 1.43. The van der Waals surface area contributed by atoms with Crippen molar-refractivity contribution in [3.8, 4) is 5.75 Å². The molecule has 0 aliphatic carbocycles. The molecule has 3 rings (SSSR count). The molecule has 0 spiro atoms. The highest BCUT2D eigenvalue weighted by atomic mass is 79.9. The zero-order valence-corrected chi connectivity index (χ0v) is 15.0. The van der Waals surface area contributed by atoms with Gasteiger partial charge in [-0.15, -0.1) is 0 Å². The molecule has 1 nitrogen and oxygen atoms in total. The lowest BCUT2D eigenvalue weighted by Crippen LogP contribution is -1.97. The van der Waals surface area contributed by atoms with Gasteiger partial charge in [-0.1, -0.05) is 45.2 Å². The highest BCUT2D eigenvalue weighted by Gasteiger charge is 2.23. The Labute approximate surface area is 144 Å². The second-order valence-corrected chi connectivity index (χ2v) is 7.23. The molecule has 0 N–H and O–H groups in total. The monoisotopic (exact) mass is 434 g/mol. The van der Waals surface area contributed by atoms with Gasteiger partial charge in [0.1, 0.15) is 5.75 Å².